The van der Waals surface area contributed by atoms with Crippen LogP contribution in [0.3, 0.4) is 0 Å². The number of nitrogens with zero attached hydrogens (tertiary/aromatic N) is 1. The van der Waals surface area contributed by atoms with Gasteiger partial charge in [-0.25, -0.2) is 4.79 Å². The van der Waals surface area contributed by atoms with Crippen molar-refractivity contribution in [3.05, 3.63) is 0 Å². The molecule has 0 aromatic heterocycles. The summed E-state index contributed by atoms with van der Waals surface area (Å²) in [4.78, 5) is 37.1. The van der Waals surface area contributed by atoms with Gasteiger partial charge in [-0.05, 0) is 12.8 Å². The summed E-state index contributed by atoms with van der Waals surface area (Å²) in [6, 6.07) is -0.651. The molecule has 7 nitrogen and oxygen atoms in total. The predicted molar refractivity (Wildman–Crippen MR) is 62.1 cm³/mol. The minimum absolute atomic E-state index is 0.139. The number of rotatable bonds is 2. The van der Waals surface area contributed by atoms with Crippen molar-refractivity contribution in [2.45, 2.75) is 25.4 Å². The molecule has 3 aliphatic rings. The quantitative estimate of drug-likeness (QED) is 0.692. The first kappa shape index (κ1) is 12.6. The summed E-state index contributed by atoms with van der Waals surface area (Å²) in [5.74, 6) is -0.840. The molecule has 3 fully saturated rings. The Labute approximate surface area is 110 Å². The molecule has 0 bridgehead atoms. The predicted octanol–water partition coefficient (Wildman–Crippen LogP) is -0.350. The van der Waals surface area contributed by atoms with Crippen LogP contribution in [0.15, 0.2) is 0 Å². The largest absolute Gasteiger partial charge is 0.376 e. The van der Waals surface area contributed by atoms with Crippen LogP contribution < -0.4 is 5.32 Å². The number of barbiturate groups is 1. The highest BCUT2D eigenvalue weighted by atomic mass is 16.6. The molecule has 1 spiro atoms. The minimum Gasteiger partial charge on any atom is -0.376 e. The summed E-state index contributed by atoms with van der Waals surface area (Å²) in [6.07, 6.45) is 1.56. The lowest BCUT2D eigenvalue weighted by molar-refractivity contribution is -0.160. The zero-order valence-corrected chi connectivity index (χ0v) is 10.5. The maximum atomic E-state index is 12.4. The second-order valence-corrected chi connectivity index (χ2v) is 5.18. The molecule has 2 saturated heterocycles. The van der Waals surface area contributed by atoms with E-state index in [1.54, 1.807) is 0 Å². The Morgan fingerprint density at radius 1 is 1.26 bits per heavy atom. The summed E-state index contributed by atoms with van der Waals surface area (Å²) in [5, 5.41) is 2.27. The highest BCUT2D eigenvalue weighted by molar-refractivity contribution is 6.19. The van der Waals surface area contributed by atoms with Gasteiger partial charge in [0.25, 0.3) is 0 Å². The zero-order valence-electron chi connectivity index (χ0n) is 10.5. The number of hydrogen-bond donors (Lipinski definition) is 1. The fraction of sp³-hybridized carbons (Fsp3) is 0.750. The van der Waals surface area contributed by atoms with Crippen LogP contribution in [0.4, 0.5) is 4.79 Å². The normalized spacial score (nSPS) is 30.2. The van der Waals surface area contributed by atoms with Gasteiger partial charge in [0.05, 0.1) is 32.5 Å². The number of hydrogen-bond acceptors (Lipinski definition) is 5. The van der Waals surface area contributed by atoms with Gasteiger partial charge in [0, 0.05) is 0 Å². The molecular weight excluding hydrogens is 252 g/mol. The van der Waals surface area contributed by atoms with E-state index in [9.17, 15) is 14.4 Å². The Morgan fingerprint density at radius 2 is 2.05 bits per heavy atom. The summed E-state index contributed by atoms with van der Waals surface area (Å²) in [7, 11) is 0. The molecule has 4 amide bonds. The molecular formula is C12H16N2O5. The Balaban J connectivity index is 1.74. The van der Waals surface area contributed by atoms with Crippen molar-refractivity contribution in [3.63, 3.8) is 0 Å². The molecule has 1 N–H and O–H groups in total. The third-order valence-electron chi connectivity index (χ3n) is 4.03. The monoisotopic (exact) mass is 268 g/mol. The zero-order chi connectivity index (χ0) is 13.5. The molecule has 0 aromatic rings. The van der Waals surface area contributed by atoms with E-state index >= 15 is 0 Å². The van der Waals surface area contributed by atoms with Gasteiger partial charge >= 0.3 is 6.03 Å². The number of ether oxygens (including phenoxy) is 2. The van der Waals surface area contributed by atoms with Crippen molar-refractivity contribution in [2.75, 3.05) is 26.4 Å². The number of carbonyl (C=O) groups excluding carboxylic acids is 3. The van der Waals surface area contributed by atoms with E-state index in [1.165, 1.54) is 0 Å². The molecule has 0 aromatic carbocycles. The molecule has 0 radical (unpaired) electrons. The topological polar surface area (TPSA) is 84.9 Å². The van der Waals surface area contributed by atoms with Crippen molar-refractivity contribution in [1.29, 1.82) is 0 Å². The Morgan fingerprint density at radius 3 is 2.63 bits per heavy atom. The third kappa shape index (κ3) is 1.93. The molecule has 2 heterocycles. The average molecular weight is 268 g/mol. The number of imide groups is 2. The van der Waals surface area contributed by atoms with Gasteiger partial charge in [0.15, 0.2) is 0 Å². The Kier molecular flexibility index (Phi) is 3.02. The molecule has 3 rings (SSSR count). The van der Waals surface area contributed by atoms with E-state index in [0.29, 0.717) is 32.7 Å². The fourth-order valence-corrected chi connectivity index (χ4v) is 2.71. The maximum absolute atomic E-state index is 12.4. The van der Waals surface area contributed by atoms with E-state index in [-0.39, 0.29) is 18.6 Å². The SMILES string of the molecule is O=C1NC(=O)C2(CCC2)C(=O)N1CC1COCCO1. The van der Waals surface area contributed by atoms with Gasteiger partial charge in [-0.1, -0.05) is 6.42 Å². The Bertz CT molecular complexity index is 426. The lowest BCUT2D eigenvalue weighted by Gasteiger charge is -2.45. The van der Waals surface area contributed by atoms with Gasteiger partial charge in [0.2, 0.25) is 11.8 Å². The summed E-state index contributed by atoms with van der Waals surface area (Å²) in [5.41, 5.74) is -1.01. The van der Waals surface area contributed by atoms with Crippen LogP contribution in [0.1, 0.15) is 19.3 Å². The summed E-state index contributed by atoms with van der Waals surface area (Å²) in [6.45, 7) is 1.48. The van der Waals surface area contributed by atoms with Crippen molar-refractivity contribution < 1.29 is 23.9 Å². The molecule has 2 aliphatic heterocycles. The van der Waals surface area contributed by atoms with Crippen LogP contribution in [0.25, 0.3) is 0 Å². The first-order chi connectivity index (χ1) is 9.13. The van der Waals surface area contributed by atoms with E-state index < -0.39 is 17.4 Å². The highest BCUT2D eigenvalue weighted by Gasteiger charge is 2.57. The maximum Gasteiger partial charge on any atom is 0.330 e. The van der Waals surface area contributed by atoms with Crippen molar-refractivity contribution in [3.8, 4) is 0 Å². The lowest BCUT2D eigenvalue weighted by Crippen LogP contribution is -2.67. The van der Waals surface area contributed by atoms with Gasteiger partial charge in [-0.3, -0.25) is 19.8 Å². The highest BCUT2D eigenvalue weighted by Crippen LogP contribution is 2.44. The molecule has 104 valence electrons. The molecule has 1 unspecified atom stereocenters. The van der Waals surface area contributed by atoms with E-state index in [1.807, 2.05) is 0 Å². The number of amides is 4. The molecule has 19 heavy (non-hydrogen) atoms. The van der Waals surface area contributed by atoms with Crippen molar-refractivity contribution in [2.24, 2.45) is 5.41 Å². The van der Waals surface area contributed by atoms with Crippen molar-refractivity contribution in [1.82, 2.24) is 10.2 Å². The molecule has 1 saturated carbocycles. The number of nitrogens with one attached hydrogen (secondary N) is 1. The fourth-order valence-electron chi connectivity index (χ4n) is 2.71. The molecule has 1 atom stereocenters. The van der Waals surface area contributed by atoms with Gasteiger partial charge in [-0.15, -0.1) is 0 Å². The van der Waals surface area contributed by atoms with Crippen LogP contribution in [0.2, 0.25) is 0 Å². The minimum atomic E-state index is -1.01. The third-order valence-corrected chi connectivity index (χ3v) is 4.03. The van der Waals surface area contributed by atoms with Crippen LogP contribution in [0.5, 0.6) is 0 Å². The first-order valence-electron chi connectivity index (χ1n) is 6.50. The standard InChI is InChI=1S/C12H16N2O5/c15-9-12(2-1-3-12)10(16)14(11(17)13-9)6-8-7-18-4-5-19-8/h8H,1-7H2,(H,13,15,17). The van der Waals surface area contributed by atoms with Crippen LogP contribution >= 0.6 is 0 Å². The lowest BCUT2D eigenvalue weighted by atomic mass is 9.66. The van der Waals surface area contributed by atoms with E-state index in [2.05, 4.69) is 5.32 Å². The van der Waals surface area contributed by atoms with Crippen LogP contribution in [-0.4, -0.2) is 55.2 Å². The summed E-state index contributed by atoms with van der Waals surface area (Å²) >= 11 is 0. The summed E-state index contributed by atoms with van der Waals surface area (Å²) < 4.78 is 10.7. The van der Waals surface area contributed by atoms with Crippen LogP contribution in [-0.2, 0) is 19.1 Å². The Hall–Kier alpha value is -1.47. The van der Waals surface area contributed by atoms with Gasteiger partial charge in [-0.2, -0.15) is 0 Å². The second-order valence-electron chi connectivity index (χ2n) is 5.18. The smallest absolute Gasteiger partial charge is 0.330 e. The van der Waals surface area contributed by atoms with Gasteiger partial charge in [0.1, 0.15) is 5.41 Å². The second kappa shape index (κ2) is 4.57. The van der Waals surface area contributed by atoms with E-state index in [4.69, 9.17) is 9.47 Å². The molecule has 7 heteroatoms. The van der Waals surface area contributed by atoms with Crippen LogP contribution in [0, 0.1) is 5.41 Å². The number of urea groups is 1. The molecule has 1 aliphatic carbocycles. The van der Waals surface area contributed by atoms with Gasteiger partial charge < -0.3 is 9.47 Å². The average Bonchev–Trinajstić information content (AvgIpc) is 2.34. The first-order valence-corrected chi connectivity index (χ1v) is 6.50. The van der Waals surface area contributed by atoms with E-state index in [0.717, 1.165) is 11.3 Å². The van der Waals surface area contributed by atoms with Crippen molar-refractivity contribution >= 4 is 17.8 Å². The number of carbonyl (C=O) groups is 3.